The molecule has 2 heterocycles. The Morgan fingerprint density at radius 1 is 1.25 bits per heavy atom. The van der Waals surface area contributed by atoms with Gasteiger partial charge in [0.25, 0.3) is 0 Å². The van der Waals surface area contributed by atoms with Gasteiger partial charge in [-0.25, -0.2) is 4.98 Å². The van der Waals surface area contributed by atoms with Crippen LogP contribution >= 0.6 is 0 Å². The van der Waals surface area contributed by atoms with Crippen LogP contribution in [-0.2, 0) is 29.5 Å². The Morgan fingerprint density at radius 3 is 2.85 bits per heavy atom. The van der Waals surface area contributed by atoms with Crippen molar-refractivity contribution in [1.29, 1.82) is 0 Å². The van der Waals surface area contributed by atoms with E-state index in [0.29, 0.717) is 13.2 Å². The van der Waals surface area contributed by atoms with Crippen LogP contribution in [-0.4, -0.2) is 48.8 Å². The maximum Gasteiger partial charge on any atom is 0.247 e. The van der Waals surface area contributed by atoms with E-state index in [9.17, 15) is 4.79 Å². The third-order valence-electron chi connectivity index (χ3n) is 7.74. The lowest BCUT2D eigenvalue weighted by atomic mass is 9.84. The predicted molar refractivity (Wildman–Crippen MR) is 167 cm³/mol. The molecule has 0 radical (unpaired) electrons. The second-order valence-corrected chi connectivity index (χ2v) is 17.7. The third kappa shape index (κ3) is 6.45. The van der Waals surface area contributed by atoms with E-state index in [1.54, 1.807) is 6.20 Å². The van der Waals surface area contributed by atoms with Crippen LogP contribution in [0.1, 0.15) is 35.5 Å². The van der Waals surface area contributed by atoms with Crippen molar-refractivity contribution in [1.82, 2.24) is 19.9 Å². The summed E-state index contributed by atoms with van der Waals surface area (Å²) in [6.45, 7) is 8.95. The zero-order chi connectivity index (χ0) is 28.3. The number of hydrogen-bond acceptors (Lipinski definition) is 5. The van der Waals surface area contributed by atoms with Crippen molar-refractivity contribution >= 4 is 42.2 Å². The van der Waals surface area contributed by atoms with Gasteiger partial charge in [0.2, 0.25) is 5.91 Å². The van der Waals surface area contributed by atoms with Gasteiger partial charge in [0.1, 0.15) is 0 Å². The van der Waals surface area contributed by atoms with E-state index in [1.807, 2.05) is 19.2 Å². The molecule has 0 fully saturated rings. The molecule has 2 aliphatic rings. The van der Waals surface area contributed by atoms with Gasteiger partial charge >= 0.3 is 0 Å². The average Bonchev–Trinajstić information content (AvgIpc) is 3.28. The summed E-state index contributed by atoms with van der Waals surface area (Å²) in [4.78, 5) is 22.4. The van der Waals surface area contributed by atoms with Gasteiger partial charge in [0, 0.05) is 75.0 Å². The summed E-state index contributed by atoms with van der Waals surface area (Å²) >= 11 is 0. The van der Waals surface area contributed by atoms with Crippen molar-refractivity contribution in [3.8, 4) is 0 Å². The average molecular weight is 556 g/mol. The highest BCUT2D eigenvalue weighted by Crippen LogP contribution is 2.38. The van der Waals surface area contributed by atoms with Crippen LogP contribution in [0.5, 0.6) is 0 Å². The predicted octanol–water partition coefficient (Wildman–Crippen LogP) is 5.97. The molecule has 0 bridgehead atoms. The molecule has 1 unspecified atom stereocenters. The summed E-state index contributed by atoms with van der Waals surface area (Å²) in [5.74, 6) is 0.149. The van der Waals surface area contributed by atoms with E-state index in [0.717, 1.165) is 60.3 Å². The second kappa shape index (κ2) is 11.9. The molecular weight excluding hydrogens is 514 g/mol. The Bertz CT molecular complexity index is 1490. The Balaban J connectivity index is 1.44. The van der Waals surface area contributed by atoms with Crippen molar-refractivity contribution in [2.24, 2.45) is 13.0 Å². The Hall–Kier alpha value is -3.49. The Labute approximate surface area is 238 Å². The normalized spacial score (nSPS) is 16.9. The Kier molecular flexibility index (Phi) is 8.37. The maximum absolute atomic E-state index is 12.6. The molecule has 0 saturated carbocycles. The SMILES string of the molecule is CNc1ccc2c(c1)c(C1=Cc3nc(CNC(=O)C4=CC=CCC4)cnc3CC1COCC[Si](C)(C)C)cn2C. The van der Waals surface area contributed by atoms with Crippen molar-refractivity contribution < 1.29 is 9.53 Å². The number of nitrogens with one attached hydrogen (secondary N) is 2. The van der Waals surface area contributed by atoms with Crippen LogP contribution in [0.25, 0.3) is 22.6 Å². The fourth-order valence-corrected chi connectivity index (χ4v) is 6.09. The van der Waals surface area contributed by atoms with Crippen molar-refractivity contribution in [2.45, 2.75) is 51.5 Å². The van der Waals surface area contributed by atoms with Crippen molar-refractivity contribution in [3.05, 3.63) is 77.0 Å². The van der Waals surface area contributed by atoms with E-state index >= 15 is 0 Å². The first kappa shape index (κ1) is 28.1. The molecule has 2 N–H and O–H groups in total. The van der Waals surface area contributed by atoms with Gasteiger partial charge in [-0.15, -0.1) is 0 Å². The molecule has 0 spiro atoms. The van der Waals surface area contributed by atoms with E-state index < -0.39 is 8.07 Å². The van der Waals surface area contributed by atoms with E-state index in [1.165, 1.54) is 22.0 Å². The third-order valence-corrected chi connectivity index (χ3v) is 9.45. The first-order valence-electron chi connectivity index (χ1n) is 14.3. The summed E-state index contributed by atoms with van der Waals surface area (Å²) in [6, 6.07) is 7.65. The number of ether oxygens (including phenoxy) is 1. The number of anilines is 1. The summed E-state index contributed by atoms with van der Waals surface area (Å²) < 4.78 is 8.49. The van der Waals surface area contributed by atoms with Gasteiger partial charge in [-0.3, -0.25) is 9.78 Å². The van der Waals surface area contributed by atoms with Gasteiger partial charge in [-0.2, -0.15) is 0 Å². The van der Waals surface area contributed by atoms with Gasteiger partial charge in [0.15, 0.2) is 0 Å². The van der Waals surface area contributed by atoms with Crippen LogP contribution in [0.3, 0.4) is 0 Å². The summed E-state index contributed by atoms with van der Waals surface area (Å²) in [5.41, 5.74) is 8.13. The minimum Gasteiger partial charge on any atom is -0.388 e. The standard InChI is InChI=1S/C32H41N5O2Si/c1-33-24-11-12-31-27(16-24)28(20-37(31)2)26-17-30-29(15-23(26)21-39-13-14-40(3,4)5)34-18-25(36-30)19-35-32(38)22-9-7-6-8-10-22/h6-7,9,11-12,16-18,20,23,33H,8,10,13-15,19,21H2,1-5H3,(H,35,38). The van der Waals surface area contributed by atoms with Crippen LogP contribution in [0.15, 0.2) is 54.4 Å². The van der Waals surface area contributed by atoms with Gasteiger partial charge in [-0.1, -0.05) is 37.9 Å². The lowest BCUT2D eigenvalue weighted by Gasteiger charge is -2.26. The highest BCUT2D eigenvalue weighted by molar-refractivity contribution is 6.76. The molecule has 1 amide bonds. The number of rotatable bonds is 10. The topological polar surface area (TPSA) is 81.1 Å². The smallest absolute Gasteiger partial charge is 0.247 e. The molecule has 1 aromatic carbocycles. The van der Waals surface area contributed by atoms with Crippen LogP contribution in [0, 0.1) is 5.92 Å². The monoisotopic (exact) mass is 555 g/mol. The molecule has 2 aliphatic carbocycles. The molecule has 8 heteroatoms. The van der Waals surface area contributed by atoms with E-state index in [4.69, 9.17) is 14.7 Å². The van der Waals surface area contributed by atoms with Crippen molar-refractivity contribution in [3.63, 3.8) is 0 Å². The highest BCUT2D eigenvalue weighted by atomic mass is 28.3. The first-order chi connectivity index (χ1) is 19.2. The number of nitrogens with zero attached hydrogens (tertiary/aromatic N) is 3. The number of aromatic nitrogens is 3. The lowest BCUT2D eigenvalue weighted by molar-refractivity contribution is -0.117. The summed E-state index contributed by atoms with van der Waals surface area (Å²) in [6.07, 6.45) is 14.6. The largest absolute Gasteiger partial charge is 0.388 e. The molecule has 5 rings (SSSR count). The molecule has 2 aromatic heterocycles. The first-order valence-corrected chi connectivity index (χ1v) is 18.0. The molecule has 210 valence electrons. The number of aryl methyl sites for hydroxylation is 1. The van der Waals surface area contributed by atoms with E-state index in [-0.39, 0.29) is 11.8 Å². The van der Waals surface area contributed by atoms with Crippen LogP contribution in [0.2, 0.25) is 25.7 Å². The minimum absolute atomic E-state index is 0.0354. The molecule has 0 saturated heterocycles. The van der Waals surface area contributed by atoms with Crippen molar-refractivity contribution in [2.75, 3.05) is 25.6 Å². The lowest BCUT2D eigenvalue weighted by Crippen LogP contribution is -2.26. The van der Waals surface area contributed by atoms with Crippen LogP contribution in [0.4, 0.5) is 5.69 Å². The fourth-order valence-electron chi connectivity index (χ4n) is 5.34. The van der Waals surface area contributed by atoms with E-state index in [2.05, 4.69) is 78.4 Å². The number of benzene rings is 1. The van der Waals surface area contributed by atoms with Gasteiger partial charge < -0.3 is 19.9 Å². The molecule has 7 nitrogen and oxygen atoms in total. The fraction of sp³-hybridized carbons (Fsp3) is 0.406. The zero-order valence-electron chi connectivity index (χ0n) is 24.4. The second-order valence-electron chi connectivity index (χ2n) is 12.1. The number of amides is 1. The zero-order valence-corrected chi connectivity index (χ0v) is 25.4. The van der Waals surface area contributed by atoms with Gasteiger partial charge in [-0.05, 0) is 48.7 Å². The number of carbonyl (C=O) groups is 1. The van der Waals surface area contributed by atoms with Gasteiger partial charge in [0.05, 0.1) is 36.4 Å². The minimum atomic E-state index is -1.17. The Morgan fingerprint density at radius 2 is 2.10 bits per heavy atom. The summed E-state index contributed by atoms with van der Waals surface area (Å²) in [5, 5.41) is 7.51. The summed E-state index contributed by atoms with van der Waals surface area (Å²) in [7, 11) is 2.88. The maximum atomic E-state index is 12.6. The quantitative estimate of drug-likeness (QED) is 0.238. The molecule has 40 heavy (non-hydrogen) atoms. The van der Waals surface area contributed by atoms with Crippen LogP contribution < -0.4 is 10.6 Å². The highest BCUT2D eigenvalue weighted by Gasteiger charge is 2.27. The number of allylic oxidation sites excluding steroid dienone is 3. The number of fused-ring (bicyclic) bond motifs is 2. The molecule has 3 aromatic rings. The molecular formula is C32H41N5O2Si. The molecule has 0 aliphatic heterocycles. The number of hydrogen-bond donors (Lipinski definition) is 2. The molecule has 1 atom stereocenters. The number of carbonyl (C=O) groups excluding carboxylic acids is 1.